The first-order valence-corrected chi connectivity index (χ1v) is 8.28. The first-order valence-electron chi connectivity index (χ1n) is 8.28. The number of halogens is 1. The molecule has 23 heavy (non-hydrogen) atoms. The van der Waals surface area contributed by atoms with Crippen LogP contribution in [0.1, 0.15) is 49.7 Å². The van der Waals surface area contributed by atoms with Crippen LogP contribution in [-0.4, -0.2) is 13.2 Å². The van der Waals surface area contributed by atoms with E-state index in [0.29, 0.717) is 19.1 Å². The van der Waals surface area contributed by atoms with Crippen molar-refractivity contribution in [3.05, 3.63) is 65.5 Å². The highest BCUT2D eigenvalue weighted by Crippen LogP contribution is 2.22. The normalized spacial score (nSPS) is 12.4. The Kier molecular flexibility index (Phi) is 6.60. The van der Waals surface area contributed by atoms with Crippen molar-refractivity contribution in [1.82, 2.24) is 0 Å². The molecule has 3 heteroatoms. The molecule has 0 saturated carbocycles. The van der Waals surface area contributed by atoms with Gasteiger partial charge in [0.1, 0.15) is 11.6 Å². The van der Waals surface area contributed by atoms with Crippen molar-refractivity contribution in [2.75, 3.05) is 13.2 Å². The van der Waals surface area contributed by atoms with Gasteiger partial charge in [-0.1, -0.05) is 38.1 Å². The van der Waals surface area contributed by atoms with Gasteiger partial charge in [0.15, 0.2) is 0 Å². The van der Waals surface area contributed by atoms with Crippen LogP contribution in [-0.2, 0) is 0 Å². The summed E-state index contributed by atoms with van der Waals surface area (Å²) in [5.74, 6) is 1.39. The Balaban J connectivity index is 1.79. The molecule has 2 N–H and O–H groups in total. The monoisotopic (exact) mass is 315 g/mol. The van der Waals surface area contributed by atoms with E-state index in [-0.39, 0.29) is 11.7 Å². The lowest BCUT2D eigenvalue weighted by Gasteiger charge is -2.15. The zero-order valence-corrected chi connectivity index (χ0v) is 14.0. The van der Waals surface area contributed by atoms with Crippen LogP contribution in [0.25, 0.3) is 0 Å². The standard InChI is InChI=1S/C20H26FNO/c1-15(2)16-8-10-20(11-9-16)23-12-4-6-18(14-22)17-5-3-7-19(21)13-17/h3,5,7-11,13,15,18H,4,6,12,14,22H2,1-2H3. The second kappa shape index (κ2) is 8.68. The smallest absolute Gasteiger partial charge is 0.123 e. The Morgan fingerprint density at radius 2 is 1.78 bits per heavy atom. The molecule has 0 aliphatic rings. The van der Waals surface area contributed by atoms with E-state index in [9.17, 15) is 4.39 Å². The van der Waals surface area contributed by atoms with Crippen molar-refractivity contribution < 1.29 is 9.13 Å². The van der Waals surface area contributed by atoms with Gasteiger partial charge in [-0.2, -0.15) is 0 Å². The third-order valence-electron chi connectivity index (χ3n) is 4.12. The lowest BCUT2D eigenvalue weighted by atomic mass is 9.94. The van der Waals surface area contributed by atoms with E-state index in [1.165, 1.54) is 11.6 Å². The predicted octanol–water partition coefficient (Wildman–Crippen LogP) is 4.85. The quantitative estimate of drug-likeness (QED) is 0.707. The molecule has 1 unspecified atom stereocenters. The van der Waals surface area contributed by atoms with Crippen molar-refractivity contribution >= 4 is 0 Å². The van der Waals surface area contributed by atoms with Crippen LogP contribution in [0.3, 0.4) is 0 Å². The van der Waals surface area contributed by atoms with Gasteiger partial charge in [0.25, 0.3) is 0 Å². The Hall–Kier alpha value is -1.87. The Labute approximate surface area is 138 Å². The largest absolute Gasteiger partial charge is 0.494 e. The van der Waals surface area contributed by atoms with Crippen molar-refractivity contribution in [2.24, 2.45) is 5.73 Å². The number of rotatable bonds is 8. The summed E-state index contributed by atoms with van der Waals surface area (Å²) < 4.78 is 19.1. The van der Waals surface area contributed by atoms with Gasteiger partial charge in [-0.15, -0.1) is 0 Å². The van der Waals surface area contributed by atoms with Gasteiger partial charge in [-0.3, -0.25) is 0 Å². The Morgan fingerprint density at radius 1 is 1.04 bits per heavy atom. The predicted molar refractivity (Wildman–Crippen MR) is 93.5 cm³/mol. The Bertz CT molecular complexity index is 595. The van der Waals surface area contributed by atoms with Gasteiger partial charge in [-0.25, -0.2) is 4.39 Å². The van der Waals surface area contributed by atoms with Gasteiger partial charge >= 0.3 is 0 Å². The number of ether oxygens (including phenoxy) is 1. The molecule has 0 aromatic heterocycles. The number of benzene rings is 2. The average molecular weight is 315 g/mol. The maximum Gasteiger partial charge on any atom is 0.123 e. The molecule has 0 radical (unpaired) electrons. The molecule has 0 fully saturated rings. The van der Waals surface area contributed by atoms with Crippen LogP contribution in [0.2, 0.25) is 0 Å². The fraction of sp³-hybridized carbons (Fsp3) is 0.400. The lowest BCUT2D eigenvalue weighted by molar-refractivity contribution is 0.301. The van der Waals surface area contributed by atoms with E-state index < -0.39 is 0 Å². The maximum atomic E-state index is 13.3. The van der Waals surface area contributed by atoms with Gasteiger partial charge in [-0.05, 0) is 66.6 Å². The Morgan fingerprint density at radius 3 is 2.39 bits per heavy atom. The first kappa shape index (κ1) is 17.5. The van der Waals surface area contributed by atoms with Crippen LogP contribution in [0.4, 0.5) is 4.39 Å². The third-order valence-corrected chi connectivity index (χ3v) is 4.12. The van der Waals surface area contributed by atoms with Gasteiger partial charge in [0, 0.05) is 0 Å². The van der Waals surface area contributed by atoms with Crippen molar-refractivity contribution in [3.63, 3.8) is 0 Å². The van der Waals surface area contributed by atoms with E-state index in [4.69, 9.17) is 10.5 Å². The molecular formula is C20H26FNO. The number of nitrogens with two attached hydrogens (primary N) is 1. The first-order chi connectivity index (χ1) is 11.1. The zero-order valence-electron chi connectivity index (χ0n) is 14.0. The summed E-state index contributed by atoms with van der Waals surface area (Å²) >= 11 is 0. The minimum absolute atomic E-state index is 0.178. The third kappa shape index (κ3) is 5.36. The van der Waals surface area contributed by atoms with Crippen molar-refractivity contribution in [2.45, 2.75) is 38.5 Å². The number of hydrogen-bond acceptors (Lipinski definition) is 2. The summed E-state index contributed by atoms with van der Waals surface area (Å²) in [5.41, 5.74) is 8.11. The van der Waals surface area contributed by atoms with E-state index in [0.717, 1.165) is 24.2 Å². The van der Waals surface area contributed by atoms with Crippen LogP contribution in [0.15, 0.2) is 48.5 Å². The summed E-state index contributed by atoms with van der Waals surface area (Å²) in [4.78, 5) is 0. The SMILES string of the molecule is CC(C)c1ccc(OCCCC(CN)c2cccc(F)c2)cc1. The van der Waals surface area contributed by atoms with Gasteiger partial charge in [0.05, 0.1) is 6.61 Å². The van der Waals surface area contributed by atoms with Crippen molar-refractivity contribution in [3.8, 4) is 5.75 Å². The highest BCUT2D eigenvalue weighted by Gasteiger charge is 2.10. The minimum atomic E-state index is -0.206. The molecule has 124 valence electrons. The molecule has 0 aliphatic carbocycles. The molecule has 0 saturated heterocycles. The zero-order chi connectivity index (χ0) is 16.7. The maximum absolute atomic E-state index is 13.3. The number of hydrogen-bond donors (Lipinski definition) is 1. The molecule has 0 amide bonds. The molecule has 2 aromatic rings. The minimum Gasteiger partial charge on any atom is -0.494 e. The molecule has 0 bridgehead atoms. The fourth-order valence-electron chi connectivity index (χ4n) is 2.65. The molecule has 0 aliphatic heterocycles. The van der Waals surface area contributed by atoms with E-state index in [1.54, 1.807) is 12.1 Å². The van der Waals surface area contributed by atoms with Crippen LogP contribution in [0, 0.1) is 5.82 Å². The molecular weight excluding hydrogens is 289 g/mol. The highest BCUT2D eigenvalue weighted by molar-refractivity contribution is 5.28. The lowest BCUT2D eigenvalue weighted by Crippen LogP contribution is -2.14. The summed E-state index contributed by atoms with van der Waals surface area (Å²) in [6, 6.07) is 15.0. The highest BCUT2D eigenvalue weighted by atomic mass is 19.1. The molecule has 0 heterocycles. The van der Waals surface area contributed by atoms with Gasteiger partial charge in [0.2, 0.25) is 0 Å². The van der Waals surface area contributed by atoms with E-state index in [2.05, 4.69) is 26.0 Å². The van der Waals surface area contributed by atoms with Gasteiger partial charge < -0.3 is 10.5 Å². The molecule has 0 spiro atoms. The van der Waals surface area contributed by atoms with E-state index in [1.807, 2.05) is 18.2 Å². The molecule has 2 nitrogen and oxygen atoms in total. The van der Waals surface area contributed by atoms with Crippen LogP contribution < -0.4 is 10.5 Å². The van der Waals surface area contributed by atoms with E-state index >= 15 is 0 Å². The average Bonchev–Trinajstić information content (AvgIpc) is 2.55. The fourth-order valence-corrected chi connectivity index (χ4v) is 2.65. The topological polar surface area (TPSA) is 35.2 Å². The second-order valence-electron chi connectivity index (χ2n) is 6.20. The summed E-state index contributed by atoms with van der Waals surface area (Å²) in [6.07, 6.45) is 1.79. The second-order valence-corrected chi connectivity index (χ2v) is 6.20. The molecule has 1 atom stereocenters. The van der Waals surface area contributed by atoms with Crippen LogP contribution in [0.5, 0.6) is 5.75 Å². The summed E-state index contributed by atoms with van der Waals surface area (Å²) in [7, 11) is 0. The van der Waals surface area contributed by atoms with Crippen LogP contribution >= 0.6 is 0 Å². The molecule has 2 rings (SSSR count). The summed E-state index contributed by atoms with van der Waals surface area (Å²) in [5, 5.41) is 0. The van der Waals surface area contributed by atoms with Crippen molar-refractivity contribution in [1.29, 1.82) is 0 Å². The summed E-state index contributed by atoms with van der Waals surface area (Å²) in [6.45, 7) is 5.52. The molecule has 2 aromatic carbocycles.